The molecule has 0 aromatic heterocycles. The molecule has 3 heterocycles. The Hall–Kier alpha value is -6.73. The van der Waals surface area contributed by atoms with Gasteiger partial charge in [0.1, 0.15) is 29.3 Å². The summed E-state index contributed by atoms with van der Waals surface area (Å²) in [5, 5.41) is 6.68. The molecule has 0 unspecified atom stereocenters. The topological polar surface area (TPSA) is 219 Å². The smallest absolute Gasteiger partial charge is 0.412 e. The minimum absolute atomic E-state index is 0.0423. The summed E-state index contributed by atoms with van der Waals surface area (Å²) in [6, 6.07) is 21.0. The molecule has 3 aliphatic rings. The number of anilines is 1. The average molecular weight is 885 g/mol. The van der Waals surface area contributed by atoms with E-state index < -0.39 is 76.5 Å². The maximum Gasteiger partial charge on any atom is 0.412 e. The van der Waals surface area contributed by atoms with E-state index in [1.807, 2.05) is 12.1 Å². The van der Waals surface area contributed by atoms with Crippen molar-refractivity contribution in [1.82, 2.24) is 25.3 Å². The van der Waals surface area contributed by atoms with Crippen LogP contribution < -0.4 is 16.0 Å². The van der Waals surface area contributed by atoms with Gasteiger partial charge in [-0.2, -0.15) is 0 Å². The van der Waals surface area contributed by atoms with E-state index in [-0.39, 0.29) is 54.5 Å². The highest BCUT2D eigenvalue weighted by molar-refractivity contribution is 8.00. The van der Waals surface area contributed by atoms with Crippen LogP contribution in [0.25, 0.3) is 0 Å². The number of amides is 7. The van der Waals surface area contributed by atoms with Crippen LogP contribution in [0, 0.1) is 0 Å². The molecule has 0 saturated carbocycles. The molecule has 0 radical (unpaired) electrons. The molecule has 6 rings (SSSR count). The van der Waals surface area contributed by atoms with Crippen LogP contribution in [0.1, 0.15) is 63.5 Å². The van der Waals surface area contributed by atoms with Crippen molar-refractivity contribution in [3.8, 4) is 0 Å². The van der Waals surface area contributed by atoms with Gasteiger partial charge in [-0.25, -0.2) is 14.4 Å². The highest BCUT2D eigenvalue weighted by Crippen LogP contribution is 2.47. The lowest BCUT2D eigenvalue weighted by Gasteiger charge is -2.56. The molecule has 3 N–H and O–H groups in total. The number of fused-ring (bicyclic) bond motifs is 1. The number of rotatable bonds is 13. The van der Waals surface area contributed by atoms with E-state index in [4.69, 9.17) is 18.9 Å². The van der Waals surface area contributed by atoms with Crippen molar-refractivity contribution in [3.63, 3.8) is 0 Å². The molecule has 3 atom stereocenters. The maximum absolute atomic E-state index is 14.5. The number of hydrogen-bond donors (Lipinski definition) is 3. The molecule has 3 aliphatic heterocycles. The van der Waals surface area contributed by atoms with Gasteiger partial charge in [0.25, 0.3) is 11.6 Å². The molecule has 7 amide bonds. The number of imide groups is 1. The van der Waals surface area contributed by atoms with Crippen molar-refractivity contribution in [2.75, 3.05) is 44.4 Å². The van der Waals surface area contributed by atoms with Crippen molar-refractivity contribution in [1.29, 1.82) is 0 Å². The summed E-state index contributed by atoms with van der Waals surface area (Å²) in [5.74, 6) is -5.31. The molecule has 0 bridgehead atoms. The van der Waals surface area contributed by atoms with E-state index in [0.29, 0.717) is 16.0 Å². The van der Waals surface area contributed by atoms with Crippen LogP contribution >= 0.6 is 11.8 Å². The third-order valence-corrected chi connectivity index (χ3v) is 11.5. The second kappa shape index (κ2) is 19.1. The Morgan fingerprint density at radius 3 is 2.03 bits per heavy atom. The van der Waals surface area contributed by atoms with Gasteiger partial charge in [0, 0.05) is 50.7 Å². The number of β-lactam (4-membered cyclic amide) rings is 1. The van der Waals surface area contributed by atoms with E-state index >= 15 is 0 Å². The minimum Gasteiger partial charge on any atom is -0.461 e. The number of thioether (sulfide) groups is 1. The number of nitrogens with zero attached hydrogens (tertiary/aromatic N) is 3. The standard InChI is InChI=1S/C44H48N6O12S/c1-7-48-22-23-49(37(54)36(48)53)41(57)46-32(27-18-20-31(21-19-27)45-42(58)62-43(3,4)5)35(52)47-44(59-6)39(56)50-33(30(24-60-26(2)51)25-63-40(44)50)38(55)61-34(28-14-10-8-11-15-28)29-16-12-9-13-17-29/h8-21,32,34,40H,7,22-25H2,1-6H3,(H,45,58)(H,46,57)(H,47,52)/t32-,40+,44+/m1/s1. The lowest BCUT2D eigenvalue weighted by Crippen LogP contribution is -2.81. The van der Waals surface area contributed by atoms with Gasteiger partial charge in [0.05, 0.1) is 0 Å². The van der Waals surface area contributed by atoms with E-state index in [9.17, 15) is 38.4 Å². The second-order valence-electron chi connectivity index (χ2n) is 15.6. The van der Waals surface area contributed by atoms with Crippen LogP contribution in [0.2, 0.25) is 0 Å². The Balaban J connectivity index is 1.30. The summed E-state index contributed by atoms with van der Waals surface area (Å²) in [6.45, 7) is 7.83. The Bertz CT molecular complexity index is 2260. The van der Waals surface area contributed by atoms with Crippen molar-refractivity contribution in [2.24, 2.45) is 0 Å². The number of carbonyl (C=O) groups excluding carboxylic acids is 8. The predicted molar refractivity (Wildman–Crippen MR) is 227 cm³/mol. The number of likely N-dealkylation sites (N-methyl/N-ethyl adjacent to an activating group) is 1. The summed E-state index contributed by atoms with van der Waals surface area (Å²) < 4.78 is 22.5. The van der Waals surface area contributed by atoms with Gasteiger partial charge in [0.2, 0.25) is 5.91 Å². The highest BCUT2D eigenvalue weighted by Gasteiger charge is 2.67. The lowest BCUT2D eigenvalue weighted by atomic mass is 9.96. The lowest BCUT2D eigenvalue weighted by molar-refractivity contribution is -0.193. The number of benzene rings is 3. The molecular formula is C44H48N6O12S. The Labute approximate surface area is 367 Å². The number of hydrogen-bond acceptors (Lipinski definition) is 13. The summed E-state index contributed by atoms with van der Waals surface area (Å²) >= 11 is 1.12. The number of piperazine rings is 1. The van der Waals surface area contributed by atoms with Crippen LogP contribution in [0.4, 0.5) is 15.3 Å². The molecule has 63 heavy (non-hydrogen) atoms. The predicted octanol–water partition coefficient (Wildman–Crippen LogP) is 4.00. The van der Waals surface area contributed by atoms with E-state index in [2.05, 4.69) is 16.0 Å². The molecule has 3 aromatic carbocycles. The monoisotopic (exact) mass is 884 g/mol. The molecule has 3 aromatic rings. The number of carbonyl (C=O) groups is 8. The number of esters is 2. The Morgan fingerprint density at radius 2 is 1.48 bits per heavy atom. The average Bonchev–Trinajstić information content (AvgIpc) is 3.26. The molecule has 332 valence electrons. The molecular weight excluding hydrogens is 837 g/mol. The van der Waals surface area contributed by atoms with E-state index in [1.165, 1.54) is 43.2 Å². The van der Waals surface area contributed by atoms with E-state index in [0.717, 1.165) is 16.7 Å². The SMILES string of the molecule is CCN1CCN(C(=O)N[C@@H](C(=O)N[C@]2(OC)C(=O)N3C(C(=O)OC(c4ccccc4)c4ccccc4)=C(COC(C)=O)CS[C@H]32)c2ccc(NC(=O)OC(C)(C)C)cc2)C(=O)C1=O. The minimum atomic E-state index is -2.11. The fourth-order valence-electron chi connectivity index (χ4n) is 7.09. The zero-order valence-corrected chi connectivity index (χ0v) is 36.3. The largest absolute Gasteiger partial charge is 0.461 e. The summed E-state index contributed by atoms with van der Waals surface area (Å²) in [5.41, 5.74) is -1.10. The van der Waals surface area contributed by atoms with Crippen LogP contribution in [-0.4, -0.2) is 118 Å². The normalized spacial score (nSPS) is 19.1. The number of methoxy groups -OCH3 is 1. The first-order chi connectivity index (χ1) is 30.0. The number of ether oxygens (including phenoxy) is 4. The molecule has 18 nitrogen and oxygen atoms in total. The zero-order chi connectivity index (χ0) is 45.6. The molecule has 2 fully saturated rings. The first kappa shape index (κ1) is 45.8. The maximum atomic E-state index is 14.5. The second-order valence-corrected chi connectivity index (χ2v) is 16.6. The molecule has 0 spiro atoms. The van der Waals surface area contributed by atoms with Crippen molar-refractivity contribution < 1.29 is 57.3 Å². The summed E-state index contributed by atoms with van der Waals surface area (Å²) in [7, 11) is 1.19. The van der Waals surface area contributed by atoms with Crippen LogP contribution in [0.5, 0.6) is 0 Å². The van der Waals surface area contributed by atoms with Crippen molar-refractivity contribution in [3.05, 3.63) is 113 Å². The van der Waals surface area contributed by atoms with Gasteiger partial charge in [0.15, 0.2) is 6.10 Å². The van der Waals surface area contributed by atoms with Gasteiger partial charge in [-0.3, -0.25) is 39.1 Å². The quantitative estimate of drug-likeness (QED) is 0.0728. The van der Waals surface area contributed by atoms with Crippen LogP contribution in [0.15, 0.2) is 96.2 Å². The zero-order valence-electron chi connectivity index (χ0n) is 35.5. The van der Waals surface area contributed by atoms with E-state index in [1.54, 1.807) is 76.2 Å². The van der Waals surface area contributed by atoms with Gasteiger partial charge in [-0.1, -0.05) is 72.8 Å². The number of nitrogens with one attached hydrogen (secondary N) is 3. The fraction of sp³-hybridized carbons (Fsp3) is 0.364. The van der Waals surface area contributed by atoms with Gasteiger partial charge in [-0.05, 0) is 56.5 Å². The fourth-order valence-corrected chi connectivity index (χ4v) is 8.51. The number of urea groups is 1. The summed E-state index contributed by atoms with van der Waals surface area (Å²) in [4.78, 5) is 110. The third-order valence-electron chi connectivity index (χ3n) is 10.2. The molecule has 2 saturated heterocycles. The van der Waals surface area contributed by atoms with Crippen LogP contribution in [0.3, 0.4) is 0 Å². The third kappa shape index (κ3) is 9.99. The van der Waals surface area contributed by atoms with Gasteiger partial charge in [-0.15, -0.1) is 11.8 Å². The van der Waals surface area contributed by atoms with Crippen molar-refractivity contribution in [2.45, 2.75) is 63.5 Å². The first-order valence-electron chi connectivity index (χ1n) is 20.0. The Kier molecular flexibility index (Phi) is 13.9. The molecule has 19 heteroatoms. The highest BCUT2D eigenvalue weighted by atomic mass is 32.2. The van der Waals surface area contributed by atoms with Crippen LogP contribution in [-0.2, 0) is 47.7 Å². The van der Waals surface area contributed by atoms with Crippen molar-refractivity contribution >= 4 is 65.1 Å². The summed E-state index contributed by atoms with van der Waals surface area (Å²) in [6.07, 6.45) is -1.64. The van der Waals surface area contributed by atoms with Gasteiger partial charge >= 0.3 is 35.9 Å². The molecule has 0 aliphatic carbocycles. The Morgan fingerprint density at radius 1 is 0.857 bits per heavy atom. The van der Waals surface area contributed by atoms with Gasteiger partial charge < -0.3 is 34.5 Å². The first-order valence-corrected chi connectivity index (χ1v) is 21.0.